The van der Waals surface area contributed by atoms with E-state index < -0.39 is 22.8 Å². The Bertz CT molecular complexity index is 448. The van der Waals surface area contributed by atoms with Gasteiger partial charge >= 0.3 is 6.18 Å². The van der Waals surface area contributed by atoms with Crippen LogP contribution in [-0.2, 0) is 17.3 Å². The monoisotopic (exact) mass is 297 g/mol. The van der Waals surface area contributed by atoms with Crippen LogP contribution in [0.5, 0.6) is 0 Å². The maximum atomic E-state index is 12.3. The molecule has 4 nitrogen and oxygen atoms in total. The molecule has 0 bridgehead atoms. The smallest absolute Gasteiger partial charge is 0.416 e. The maximum absolute atomic E-state index is 12.3. The summed E-state index contributed by atoms with van der Waals surface area (Å²) in [5, 5.41) is 4.93. The molecule has 18 heavy (non-hydrogen) atoms. The van der Waals surface area contributed by atoms with Crippen LogP contribution in [-0.4, -0.2) is 19.8 Å². The predicted octanol–water partition coefficient (Wildman–Crippen LogP) is 1.83. The van der Waals surface area contributed by atoms with E-state index in [4.69, 9.17) is 12.2 Å². The molecule has 2 N–H and O–H groups in total. The van der Waals surface area contributed by atoms with Gasteiger partial charge in [0.05, 0.1) is 11.4 Å². The summed E-state index contributed by atoms with van der Waals surface area (Å²) in [6, 6.07) is 4.20. The number of hydrogen-bond acceptors (Lipinski definition) is 3. The molecule has 0 spiro atoms. The molecule has 1 rings (SSSR count). The highest BCUT2D eigenvalue weighted by atomic mass is 32.2. The Balaban J connectivity index is 2.59. The SMILES string of the molecule is O=S([O-])CNC(=S)Nc1ccc(C(F)(F)F)cc1. The topological polar surface area (TPSA) is 64.2 Å². The van der Waals surface area contributed by atoms with Crippen molar-refractivity contribution in [3.05, 3.63) is 29.8 Å². The van der Waals surface area contributed by atoms with E-state index >= 15 is 0 Å². The van der Waals surface area contributed by atoms with Crippen LogP contribution in [0.2, 0.25) is 0 Å². The molecule has 0 radical (unpaired) electrons. The largest absolute Gasteiger partial charge is 0.771 e. The number of nitrogens with one attached hydrogen (secondary N) is 2. The highest BCUT2D eigenvalue weighted by Gasteiger charge is 2.29. The zero-order valence-electron chi connectivity index (χ0n) is 8.78. The molecule has 1 atom stereocenters. The van der Waals surface area contributed by atoms with Crippen LogP contribution in [0.1, 0.15) is 5.56 Å². The summed E-state index contributed by atoms with van der Waals surface area (Å²) in [7, 11) is 0. The van der Waals surface area contributed by atoms with Crippen molar-refractivity contribution in [2.75, 3.05) is 11.2 Å². The van der Waals surface area contributed by atoms with Gasteiger partial charge in [0, 0.05) is 5.69 Å². The van der Waals surface area contributed by atoms with Crippen molar-refractivity contribution in [2.45, 2.75) is 6.18 Å². The average molecular weight is 297 g/mol. The number of thiocarbonyl (C=S) groups is 1. The molecule has 0 aliphatic rings. The predicted molar refractivity (Wildman–Crippen MR) is 64.6 cm³/mol. The Morgan fingerprint density at radius 3 is 2.33 bits per heavy atom. The number of alkyl halides is 3. The van der Waals surface area contributed by atoms with Crippen LogP contribution in [0.3, 0.4) is 0 Å². The van der Waals surface area contributed by atoms with Gasteiger partial charge in [-0.05, 0) is 47.6 Å². The van der Waals surface area contributed by atoms with Gasteiger partial charge in [0.2, 0.25) is 0 Å². The molecule has 0 saturated heterocycles. The number of benzene rings is 1. The van der Waals surface area contributed by atoms with Gasteiger partial charge in [0.25, 0.3) is 0 Å². The molecule has 0 saturated carbocycles. The van der Waals surface area contributed by atoms with Crippen molar-refractivity contribution in [1.29, 1.82) is 0 Å². The number of anilines is 1. The van der Waals surface area contributed by atoms with E-state index in [0.29, 0.717) is 5.69 Å². The molecule has 9 heteroatoms. The van der Waals surface area contributed by atoms with Gasteiger partial charge in [-0.15, -0.1) is 0 Å². The van der Waals surface area contributed by atoms with Crippen molar-refractivity contribution >= 4 is 34.1 Å². The molecular weight excluding hydrogens is 289 g/mol. The molecule has 1 aromatic carbocycles. The molecule has 0 aromatic heterocycles. The highest BCUT2D eigenvalue weighted by Crippen LogP contribution is 2.29. The Morgan fingerprint density at radius 1 is 1.33 bits per heavy atom. The van der Waals surface area contributed by atoms with E-state index in [-0.39, 0.29) is 11.0 Å². The van der Waals surface area contributed by atoms with Crippen molar-refractivity contribution in [3.63, 3.8) is 0 Å². The molecule has 0 aliphatic heterocycles. The van der Waals surface area contributed by atoms with Crippen LogP contribution in [0.15, 0.2) is 24.3 Å². The van der Waals surface area contributed by atoms with Crippen LogP contribution in [0.25, 0.3) is 0 Å². The molecule has 0 aliphatic carbocycles. The first-order valence-electron chi connectivity index (χ1n) is 4.57. The molecule has 0 heterocycles. The Kier molecular flexibility index (Phi) is 5.05. The third-order valence-corrected chi connectivity index (χ3v) is 2.45. The fourth-order valence-corrected chi connectivity index (χ4v) is 1.59. The Labute approximate surface area is 109 Å². The van der Waals surface area contributed by atoms with Crippen LogP contribution in [0, 0.1) is 0 Å². The zero-order chi connectivity index (χ0) is 13.8. The van der Waals surface area contributed by atoms with Gasteiger partial charge in [-0.25, -0.2) is 0 Å². The van der Waals surface area contributed by atoms with Crippen LogP contribution in [0.4, 0.5) is 18.9 Å². The molecule has 100 valence electrons. The first kappa shape index (κ1) is 14.9. The number of hydrogen-bond donors (Lipinski definition) is 2. The number of halogens is 3. The van der Waals surface area contributed by atoms with Gasteiger partial charge in [-0.2, -0.15) is 13.2 Å². The Hall–Kier alpha value is -1.19. The van der Waals surface area contributed by atoms with E-state index in [1.165, 1.54) is 12.1 Å². The first-order valence-corrected chi connectivity index (χ1v) is 6.22. The number of rotatable bonds is 3. The van der Waals surface area contributed by atoms with Gasteiger partial charge < -0.3 is 15.2 Å². The van der Waals surface area contributed by atoms with E-state index in [0.717, 1.165) is 12.1 Å². The Morgan fingerprint density at radius 2 is 1.89 bits per heavy atom. The van der Waals surface area contributed by atoms with Crippen molar-refractivity contribution in [2.24, 2.45) is 0 Å². The third-order valence-electron chi connectivity index (χ3n) is 1.82. The van der Waals surface area contributed by atoms with E-state index in [1.54, 1.807) is 0 Å². The normalized spacial score (nSPS) is 12.9. The molecule has 1 unspecified atom stereocenters. The van der Waals surface area contributed by atoms with Gasteiger partial charge in [-0.1, -0.05) is 0 Å². The highest BCUT2D eigenvalue weighted by molar-refractivity contribution is 7.81. The lowest BCUT2D eigenvalue weighted by Gasteiger charge is -2.12. The fourth-order valence-electron chi connectivity index (χ4n) is 1.04. The molecule has 0 amide bonds. The first-order chi connectivity index (χ1) is 8.29. The minimum atomic E-state index is -4.39. The quantitative estimate of drug-likeness (QED) is 0.658. The lowest BCUT2D eigenvalue weighted by molar-refractivity contribution is -0.137. The second kappa shape index (κ2) is 6.12. The summed E-state index contributed by atoms with van der Waals surface area (Å²) < 4.78 is 57.3. The van der Waals surface area contributed by atoms with Crippen molar-refractivity contribution in [1.82, 2.24) is 5.32 Å². The van der Waals surface area contributed by atoms with E-state index in [2.05, 4.69) is 10.6 Å². The second-order valence-corrected chi connectivity index (χ2v) is 4.46. The summed E-state index contributed by atoms with van der Waals surface area (Å²) in [5.41, 5.74) is -0.440. The summed E-state index contributed by atoms with van der Waals surface area (Å²) in [5.74, 6) is -0.369. The maximum Gasteiger partial charge on any atom is 0.416 e. The van der Waals surface area contributed by atoms with E-state index in [1.807, 2.05) is 0 Å². The summed E-state index contributed by atoms with van der Waals surface area (Å²) in [4.78, 5) is 0. The third kappa shape index (κ3) is 4.98. The van der Waals surface area contributed by atoms with Gasteiger partial charge in [0.15, 0.2) is 5.11 Å². The van der Waals surface area contributed by atoms with Crippen molar-refractivity contribution in [3.8, 4) is 0 Å². The summed E-state index contributed by atoms with van der Waals surface area (Å²) >= 11 is 2.45. The van der Waals surface area contributed by atoms with E-state index in [9.17, 15) is 21.9 Å². The molecular formula is C9H8F3N2O2S2-. The molecule has 1 aromatic rings. The lowest BCUT2D eigenvalue weighted by atomic mass is 10.2. The van der Waals surface area contributed by atoms with Gasteiger partial charge in [-0.3, -0.25) is 4.21 Å². The van der Waals surface area contributed by atoms with Gasteiger partial charge in [0.1, 0.15) is 0 Å². The molecule has 0 fully saturated rings. The van der Waals surface area contributed by atoms with Crippen molar-refractivity contribution < 1.29 is 21.9 Å². The standard InChI is InChI=1S/C9H9F3N2O2S2/c10-9(11,12)6-1-3-7(4-2-6)14-8(17)13-5-18(15)16/h1-4H,5H2,(H,15,16)(H2,13,14,17)/p-1. The average Bonchev–Trinajstić information content (AvgIpc) is 2.26. The summed E-state index contributed by atoms with van der Waals surface area (Å²) in [6.45, 7) is 0. The summed E-state index contributed by atoms with van der Waals surface area (Å²) in [6.07, 6.45) is -4.39. The minimum absolute atomic E-state index is 0.0129. The minimum Gasteiger partial charge on any atom is -0.771 e. The second-order valence-electron chi connectivity index (χ2n) is 3.15. The fraction of sp³-hybridized carbons (Fsp3) is 0.222. The van der Waals surface area contributed by atoms with Crippen LogP contribution < -0.4 is 10.6 Å². The zero-order valence-corrected chi connectivity index (χ0v) is 10.4. The van der Waals surface area contributed by atoms with Crippen LogP contribution >= 0.6 is 12.2 Å². The lowest BCUT2D eigenvalue weighted by Crippen LogP contribution is -2.31.